The van der Waals surface area contributed by atoms with Gasteiger partial charge in [-0.25, -0.2) is 4.98 Å². The van der Waals surface area contributed by atoms with Crippen molar-refractivity contribution in [1.82, 2.24) is 14.8 Å². The fourth-order valence-corrected chi connectivity index (χ4v) is 4.55. The predicted molar refractivity (Wildman–Crippen MR) is 123 cm³/mol. The van der Waals surface area contributed by atoms with E-state index in [9.17, 15) is 18.0 Å². The molecule has 2 aromatic heterocycles. The molecule has 0 spiro atoms. The van der Waals surface area contributed by atoms with Gasteiger partial charge >= 0.3 is 6.18 Å². The minimum atomic E-state index is -4.39. The van der Waals surface area contributed by atoms with E-state index in [0.717, 1.165) is 35.2 Å². The lowest BCUT2D eigenvalue weighted by Crippen LogP contribution is -2.50. The number of halogens is 3. The summed E-state index contributed by atoms with van der Waals surface area (Å²) in [7, 11) is 0. The Morgan fingerprint density at radius 2 is 1.85 bits per heavy atom. The molecular formula is C25H25F3N4O2. The molecule has 1 fully saturated rings. The van der Waals surface area contributed by atoms with Crippen LogP contribution in [0.4, 0.5) is 19.0 Å². The molecule has 0 N–H and O–H groups in total. The van der Waals surface area contributed by atoms with E-state index in [0.29, 0.717) is 51.6 Å². The van der Waals surface area contributed by atoms with Gasteiger partial charge in [0.15, 0.2) is 0 Å². The lowest BCUT2D eigenvalue weighted by molar-refractivity contribution is -0.137. The number of amides is 1. The first-order valence-electron chi connectivity index (χ1n) is 11.3. The summed E-state index contributed by atoms with van der Waals surface area (Å²) in [5, 5.41) is 1.07. The third kappa shape index (κ3) is 4.65. The molecule has 1 amide bonds. The summed E-state index contributed by atoms with van der Waals surface area (Å²) in [5.41, 5.74) is 2.42. The van der Waals surface area contributed by atoms with Crippen molar-refractivity contribution in [3.8, 4) is 0 Å². The fraction of sp³-hybridized carbons (Fsp3) is 0.360. The van der Waals surface area contributed by atoms with Crippen LogP contribution in [-0.2, 0) is 11.0 Å². The lowest BCUT2D eigenvalue weighted by Gasteiger charge is -2.36. The minimum absolute atomic E-state index is 0.0904. The van der Waals surface area contributed by atoms with E-state index < -0.39 is 11.7 Å². The van der Waals surface area contributed by atoms with Gasteiger partial charge in [-0.05, 0) is 30.2 Å². The number of nitrogens with zero attached hydrogens (tertiary/aromatic N) is 4. The number of rotatable bonds is 4. The molecule has 0 unspecified atom stereocenters. The number of aromatic nitrogens is 1. The van der Waals surface area contributed by atoms with Crippen molar-refractivity contribution in [1.29, 1.82) is 0 Å². The summed E-state index contributed by atoms with van der Waals surface area (Å²) >= 11 is 0. The number of carbonyl (C=O) groups is 1. The van der Waals surface area contributed by atoms with Crippen molar-refractivity contribution >= 4 is 28.3 Å². The number of furan rings is 1. The van der Waals surface area contributed by atoms with Crippen LogP contribution in [0.5, 0.6) is 0 Å². The third-order valence-corrected chi connectivity index (χ3v) is 6.52. The molecule has 178 valence electrons. The molecule has 5 rings (SSSR count). The Hall–Kier alpha value is -3.33. The Balaban J connectivity index is 1.13. The average Bonchev–Trinajstić information content (AvgIpc) is 3.33. The summed E-state index contributed by atoms with van der Waals surface area (Å²) < 4.78 is 43.9. The maximum Gasteiger partial charge on any atom is 0.417 e. The van der Waals surface area contributed by atoms with Crippen LogP contribution in [-0.4, -0.2) is 66.5 Å². The second kappa shape index (κ2) is 9.13. The summed E-state index contributed by atoms with van der Waals surface area (Å²) in [4.78, 5) is 22.8. The first-order chi connectivity index (χ1) is 16.4. The van der Waals surface area contributed by atoms with E-state index >= 15 is 0 Å². The zero-order chi connectivity index (χ0) is 23.7. The van der Waals surface area contributed by atoms with Gasteiger partial charge in [-0.15, -0.1) is 0 Å². The minimum Gasteiger partial charge on any atom is -0.464 e. The van der Waals surface area contributed by atoms with Gasteiger partial charge in [0.2, 0.25) is 5.91 Å². The average molecular weight is 470 g/mol. The molecule has 4 heterocycles. The maximum absolute atomic E-state index is 12.9. The molecule has 0 radical (unpaired) electrons. The number of pyridine rings is 1. The van der Waals surface area contributed by atoms with Crippen molar-refractivity contribution in [2.45, 2.75) is 12.6 Å². The van der Waals surface area contributed by atoms with Gasteiger partial charge < -0.3 is 14.2 Å². The number of benzene rings is 1. The standard InChI is InChI=1S/C25H25F3N4O2/c26-25(27,28)20-4-5-22(29-16-20)31-13-11-30(12-14-31)17-23(33)32-9-6-18(7-10-32)21-3-1-2-19-8-15-34-24(19)21/h1-6,8,15-16H,7,9-14,17H2. The van der Waals surface area contributed by atoms with Crippen molar-refractivity contribution in [2.24, 2.45) is 0 Å². The van der Waals surface area contributed by atoms with Crippen LogP contribution in [0, 0.1) is 0 Å². The van der Waals surface area contributed by atoms with Crippen LogP contribution in [0.2, 0.25) is 0 Å². The van der Waals surface area contributed by atoms with E-state index in [1.807, 2.05) is 28.0 Å². The summed E-state index contributed by atoms with van der Waals surface area (Å²) in [6.45, 7) is 4.11. The van der Waals surface area contributed by atoms with Gasteiger partial charge in [0.25, 0.3) is 0 Å². The molecule has 2 aliphatic rings. The number of para-hydroxylation sites is 1. The monoisotopic (exact) mass is 470 g/mol. The number of carbonyl (C=O) groups excluding carboxylic acids is 1. The van der Waals surface area contributed by atoms with Crippen LogP contribution >= 0.6 is 0 Å². The molecule has 1 aromatic carbocycles. The lowest BCUT2D eigenvalue weighted by atomic mass is 9.98. The van der Waals surface area contributed by atoms with Crippen molar-refractivity contribution < 1.29 is 22.4 Å². The molecule has 34 heavy (non-hydrogen) atoms. The topological polar surface area (TPSA) is 52.8 Å². The third-order valence-electron chi connectivity index (χ3n) is 6.52. The van der Waals surface area contributed by atoms with Gasteiger partial charge in [0.05, 0.1) is 18.4 Å². The summed E-state index contributed by atoms with van der Waals surface area (Å²) in [6, 6.07) is 10.5. The van der Waals surface area contributed by atoms with E-state index in [2.05, 4.69) is 22.0 Å². The van der Waals surface area contributed by atoms with Crippen LogP contribution in [0.25, 0.3) is 16.5 Å². The molecule has 0 atom stereocenters. The van der Waals surface area contributed by atoms with Gasteiger partial charge in [-0.3, -0.25) is 9.69 Å². The molecule has 1 saturated heterocycles. The number of fused-ring (bicyclic) bond motifs is 1. The fourth-order valence-electron chi connectivity index (χ4n) is 4.55. The largest absolute Gasteiger partial charge is 0.464 e. The number of alkyl halides is 3. The Labute approximate surface area is 195 Å². The smallest absolute Gasteiger partial charge is 0.417 e. The highest BCUT2D eigenvalue weighted by atomic mass is 19.4. The van der Waals surface area contributed by atoms with Crippen LogP contribution in [0.3, 0.4) is 0 Å². The van der Waals surface area contributed by atoms with Gasteiger partial charge in [0.1, 0.15) is 11.4 Å². The second-order valence-electron chi connectivity index (χ2n) is 8.63. The van der Waals surface area contributed by atoms with Crippen LogP contribution < -0.4 is 4.90 Å². The number of hydrogen-bond donors (Lipinski definition) is 0. The maximum atomic E-state index is 12.9. The first kappa shape index (κ1) is 22.5. The van der Waals surface area contributed by atoms with E-state index in [1.54, 1.807) is 6.26 Å². The normalized spacial score (nSPS) is 17.8. The Morgan fingerprint density at radius 3 is 2.53 bits per heavy atom. The number of piperazine rings is 1. The van der Waals surface area contributed by atoms with Gasteiger partial charge in [-0.2, -0.15) is 13.2 Å². The molecule has 6 nitrogen and oxygen atoms in total. The zero-order valence-electron chi connectivity index (χ0n) is 18.6. The Morgan fingerprint density at radius 1 is 1.03 bits per heavy atom. The van der Waals surface area contributed by atoms with E-state index in [4.69, 9.17) is 4.42 Å². The summed E-state index contributed by atoms with van der Waals surface area (Å²) in [5.74, 6) is 0.617. The van der Waals surface area contributed by atoms with Crippen LogP contribution in [0.1, 0.15) is 17.5 Å². The highest BCUT2D eigenvalue weighted by Gasteiger charge is 2.31. The molecule has 0 bridgehead atoms. The quantitative estimate of drug-likeness (QED) is 0.570. The van der Waals surface area contributed by atoms with Crippen molar-refractivity contribution in [2.75, 3.05) is 50.7 Å². The zero-order valence-corrected chi connectivity index (χ0v) is 18.6. The SMILES string of the molecule is O=C(CN1CCN(c2ccc(C(F)(F)F)cn2)CC1)N1CC=C(c2cccc3ccoc23)CC1. The Bertz CT molecular complexity index is 1190. The molecule has 2 aliphatic heterocycles. The van der Waals surface area contributed by atoms with Gasteiger partial charge in [-0.1, -0.05) is 24.3 Å². The van der Waals surface area contributed by atoms with Crippen molar-refractivity contribution in [3.05, 3.63) is 66.1 Å². The first-order valence-corrected chi connectivity index (χ1v) is 11.3. The molecular weight excluding hydrogens is 445 g/mol. The van der Waals surface area contributed by atoms with Gasteiger partial charge in [0, 0.05) is 56.4 Å². The number of anilines is 1. The van der Waals surface area contributed by atoms with Crippen LogP contribution in [0.15, 0.2) is 59.4 Å². The highest BCUT2D eigenvalue weighted by molar-refractivity contribution is 5.90. The van der Waals surface area contributed by atoms with Crippen molar-refractivity contribution in [3.63, 3.8) is 0 Å². The predicted octanol–water partition coefficient (Wildman–Crippen LogP) is 4.28. The molecule has 0 saturated carbocycles. The van der Waals surface area contributed by atoms with E-state index in [-0.39, 0.29) is 5.91 Å². The molecule has 3 aromatic rings. The Kier molecular flexibility index (Phi) is 6.03. The highest BCUT2D eigenvalue weighted by Crippen LogP contribution is 2.31. The molecule has 0 aliphatic carbocycles. The molecule has 9 heteroatoms. The number of hydrogen-bond acceptors (Lipinski definition) is 5. The van der Waals surface area contributed by atoms with E-state index in [1.165, 1.54) is 11.6 Å². The summed E-state index contributed by atoms with van der Waals surface area (Å²) in [6.07, 6.45) is 1.06. The second-order valence-corrected chi connectivity index (χ2v) is 8.63.